The molecule has 0 spiro atoms. The third-order valence-electron chi connectivity index (χ3n) is 3.55. The van der Waals surface area contributed by atoms with Crippen LogP contribution in [0.1, 0.15) is 36.0 Å². The lowest BCUT2D eigenvalue weighted by Crippen LogP contribution is -2.26. The molecule has 1 aliphatic heterocycles. The van der Waals surface area contributed by atoms with Crippen LogP contribution in [0.15, 0.2) is 23.7 Å². The average molecular weight is 320 g/mol. The van der Waals surface area contributed by atoms with Crippen molar-refractivity contribution in [3.63, 3.8) is 0 Å². The summed E-state index contributed by atoms with van der Waals surface area (Å²) in [6.45, 7) is 5.35. The van der Waals surface area contributed by atoms with Crippen LogP contribution >= 0.6 is 23.7 Å². The molecule has 1 saturated heterocycles. The second kappa shape index (κ2) is 6.93. The fourth-order valence-electron chi connectivity index (χ4n) is 2.46. The number of rotatable bonds is 1. The first kappa shape index (κ1) is 15.8. The molecule has 2 aromatic heterocycles. The molecule has 0 N–H and O–H groups in total. The standard InChI is InChI=1S/C16H17N3S.ClH/c1-12-4-3-9-19(12)16-8-6-14(10-17-16)5-7-15-11-20-13(2)18-15;/h6,8,10-12H,3-4,9H2,1-2H3;1H. The third kappa shape index (κ3) is 3.75. The van der Waals surface area contributed by atoms with Crippen LogP contribution < -0.4 is 4.90 Å². The number of hydrogen-bond acceptors (Lipinski definition) is 4. The van der Waals surface area contributed by atoms with E-state index in [2.05, 4.69) is 39.7 Å². The molecule has 0 amide bonds. The smallest absolute Gasteiger partial charge is 0.128 e. The zero-order valence-corrected chi connectivity index (χ0v) is 13.8. The zero-order chi connectivity index (χ0) is 13.9. The highest BCUT2D eigenvalue weighted by molar-refractivity contribution is 7.09. The van der Waals surface area contributed by atoms with Crippen LogP contribution in [0, 0.1) is 18.8 Å². The van der Waals surface area contributed by atoms with E-state index in [-0.39, 0.29) is 12.4 Å². The predicted octanol–water partition coefficient (Wildman–Crippen LogP) is 3.66. The number of pyridine rings is 1. The minimum absolute atomic E-state index is 0. The van der Waals surface area contributed by atoms with Gasteiger partial charge in [-0.1, -0.05) is 5.92 Å². The molecule has 1 unspecified atom stereocenters. The molecule has 1 aliphatic rings. The van der Waals surface area contributed by atoms with Gasteiger partial charge in [0.05, 0.1) is 5.01 Å². The van der Waals surface area contributed by atoms with E-state index < -0.39 is 0 Å². The number of hydrogen-bond donors (Lipinski definition) is 0. The maximum Gasteiger partial charge on any atom is 0.128 e. The van der Waals surface area contributed by atoms with Crippen molar-refractivity contribution in [2.24, 2.45) is 0 Å². The molecule has 0 radical (unpaired) electrons. The zero-order valence-electron chi connectivity index (χ0n) is 12.2. The Morgan fingerprint density at radius 2 is 2.19 bits per heavy atom. The van der Waals surface area contributed by atoms with Crippen LogP contribution in [0.4, 0.5) is 5.82 Å². The Labute approximate surface area is 135 Å². The molecule has 3 heterocycles. The van der Waals surface area contributed by atoms with Crippen molar-refractivity contribution < 1.29 is 0 Å². The lowest BCUT2D eigenvalue weighted by molar-refractivity contribution is 0.727. The van der Waals surface area contributed by atoms with Gasteiger partial charge >= 0.3 is 0 Å². The molecule has 3 rings (SSSR count). The molecule has 3 nitrogen and oxygen atoms in total. The van der Waals surface area contributed by atoms with Crippen molar-refractivity contribution >= 4 is 29.6 Å². The van der Waals surface area contributed by atoms with Gasteiger partial charge in [0.25, 0.3) is 0 Å². The second-order valence-corrected chi connectivity index (χ2v) is 6.15. The number of thiazole rings is 1. The van der Waals surface area contributed by atoms with Gasteiger partial charge in [-0.05, 0) is 44.7 Å². The summed E-state index contributed by atoms with van der Waals surface area (Å²) < 4.78 is 0. The highest BCUT2D eigenvalue weighted by Gasteiger charge is 2.20. The molecule has 0 bridgehead atoms. The van der Waals surface area contributed by atoms with Crippen molar-refractivity contribution in [3.05, 3.63) is 40.0 Å². The van der Waals surface area contributed by atoms with E-state index in [0.29, 0.717) is 6.04 Å². The number of halogens is 1. The minimum Gasteiger partial charge on any atom is -0.354 e. The van der Waals surface area contributed by atoms with Gasteiger partial charge < -0.3 is 4.90 Å². The summed E-state index contributed by atoms with van der Waals surface area (Å²) in [5.74, 6) is 7.25. The van der Waals surface area contributed by atoms with E-state index >= 15 is 0 Å². The van der Waals surface area contributed by atoms with Crippen molar-refractivity contribution in [2.45, 2.75) is 32.7 Å². The first-order valence-corrected chi connectivity index (χ1v) is 7.77. The van der Waals surface area contributed by atoms with Gasteiger partial charge in [-0.25, -0.2) is 9.97 Å². The highest BCUT2D eigenvalue weighted by Crippen LogP contribution is 2.23. The van der Waals surface area contributed by atoms with Crippen LogP contribution in [-0.4, -0.2) is 22.6 Å². The molecular formula is C16H18ClN3S. The van der Waals surface area contributed by atoms with Crippen LogP contribution in [0.5, 0.6) is 0 Å². The molecule has 0 aromatic carbocycles. The van der Waals surface area contributed by atoms with Gasteiger partial charge in [-0.15, -0.1) is 23.7 Å². The minimum atomic E-state index is 0. The first-order chi connectivity index (χ1) is 9.72. The first-order valence-electron chi connectivity index (χ1n) is 6.89. The molecule has 1 fully saturated rings. The summed E-state index contributed by atoms with van der Waals surface area (Å²) in [5.41, 5.74) is 1.77. The summed E-state index contributed by atoms with van der Waals surface area (Å²) >= 11 is 1.62. The Bertz CT molecular complexity index is 654. The predicted molar refractivity (Wildman–Crippen MR) is 90.4 cm³/mol. The molecule has 5 heteroatoms. The van der Waals surface area contributed by atoms with Crippen molar-refractivity contribution in [1.29, 1.82) is 0 Å². The van der Waals surface area contributed by atoms with Crippen molar-refractivity contribution in [3.8, 4) is 11.8 Å². The van der Waals surface area contributed by atoms with Crippen LogP contribution in [-0.2, 0) is 0 Å². The second-order valence-electron chi connectivity index (χ2n) is 5.09. The number of nitrogens with zero attached hydrogens (tertiary/aromatic N) is 3. The molecule has 0 aliphatic carbocycles. The maximum absolute atomic E-state index is 4.53. The lowest BCUT2D eigenvalue weighted by Gasteiger charge is -2.22. The molecule has 2 aromatic rings. The van der Waals surface area contributed by atoms with Gasteiger partial charge in [-0.2, -0.15) is 0 Å². The van der Waals surface area contributed by atoms with E-state index in [4.69, 9.17) is 0 Å². The fourth-order valence-corrected chi connectivity index (χ4v) is 3.01. The normalized spacial score (nSPS) is 17.0. The Hall–Kier alpha value is -1.57. The van der Waals surface area contributed by atoms with Gasteiger partial charge in [0.1, 0.15) is 11.5 Å². The number of aromatic nitrogens is 2. The molecular weight excluding hydrogens is 302 g/mol. The van der Waals surface area contributed by atoms with Crippen LogP contribution in [0.2, 0.25) is 0 Å². The SMILES string of the molecule is Cc1nc(C#Cc2ccc(N3CCCC3C)nc2)cs1.Cl. The Morgan fingerprint density at radius 3 is 2.76 bits per heavy atom. The van der Waals surface area contributed by atoms with E-state index in [1.54, 1.807) is 11.3 Å². The fraction of sp³-hybridized carbons (Fsp3) is 0.375. The molecule has 110 valence electrons. The summed E-state index contributed by atoms with van der Waals surface area (Å²) in [7, 11) is 0. The number of aryl methyl sites for hydroxylation is 1. The monoisotopic (exact) mass is 319 g/mol. The average Bonchev–Trinajstić information content (AvgIpc) is 3.06. The Kier molecular flexibility index (Phi) is 5.22. The summed E-state index contributed by atoms with van der Waals surface area (Å²) in [4.78, 5) is 11.2. The lowest BCUT2D eigenvalue weighted by atomic mass is 10.2. The van der Waals surface area contributed by atoms with E-state index in [1.807, 2.05) is 24.6 Å². The van der Waals surface area contributed by atoms with Gasteiger partial charge in [0.15, 0.2) is 0 Å². The van der Waals surface area contributed by atoms with E-state index in [9.17, 15) is 0 Å². The number of anilines is 1. The Balaban J connectivity index is 0.00000161. The van der Waals surface area contributed by atoms with E-state index in [1.165, 1.54) is 12.8 Å². The van der Waals surface area contributed by atoms with Crippen LogP contribution in [0.3, 0.4) is 0 Å². The van der Waals surface area contributed by atoms with Gasteiger partial charge in [-0.3, -0.25) is 0 Å². The highest BCUT2D eigenvalue weighted by atomic mass is 35.5. The Morgan fingerprint density at radius 1 is 1.33 bits per heavy atom. The summed E-state index contributed by atoms with van der Waals surface area (Å²) in [6.07, 6.45) is 4.37. The van der Waals surface area contributed by atoms with Crippen LogP contribution in [0.25, 0.3) is 0 Å². The van der Waals surface area contributed by atoms with Crippen molar-refractivity contribution in [1.82, 2.24) is 9.97 Å². The molecule has 0 saturated carbocycles. The summed E-state index contributed by atoms with van der Waals surface area (Å²) in [6, 6.07) is 4.70. The topological polar surface area (TPSA) is 29.0 Å². The largest absolute Gasteiger partial charge is 0.354 e. The van der Waals surface area contributed by atoms with Gasteiger partial charge in [0.2, 0.25) is 0 Å². The third-order valence-corrected chi connectivity index (χ3v) is 4.32. The maximum atomic E-state index is 4.53. The molecule has 21 heavy (non-hydrogen) atoms. The van der Waals surface area contributed by atoms with E-state index in [0.717, 1.165) is 28.6 Å². The quantitative estimate of drug-likeness (QED) is 0.751. The van der Waals surface area contributed by atoms with Gasteiger partial charge in [0, 0.05) is 29.7 Å². The summed E-state index contributed by atoms with van der Waals surface area (Å²) in [5, 5.41) is 3.03. The molecule has 1 atom stereocenters. The van der Waals surface area contributed by atoms with Crippen molar-refractivity contribution in [2.75, 3.05) is 11.4 Å².